The molecule has 2 aromatic rings. The first kappa shape index (κ1) is 16.8. The van der Waals surface area contributed by atoms with E-state index >= 15 is 0 Å². The Bertz CT molecular complexity index is 787. The van der Waals surface area contributed by atoms with Crippen LogP contribution in [0.1, 0.15) is 12.5 Å². The Hall–Kier alpha value is -3.02. The first-order chi connectivity index (χ1) is 12.1. The van der Waals surface area contributed by atoms with Gasteiger partial charge < -0.3 is 19.7 Å². The Morgan fingerprint density at radius 1 is 1.24 bits per heavy atom. The molecule has 0 radical (unpaired) electrons. The van der Waals surface area contributed by atoms with Crippen molar-refractivity contribution in [3.63, 3.8) is 0 Å². The second-order valence-electron chi connectivity index (χ2n) is 5.76. The molecule has 0 spiro atoms. The fraction of sp³-hybridized carbons (Fsp3) is 0.263. The van der Waals surface area contributed by atoms with Gasteiger partial charge in [-0.05, 0) is 36.2 Å². The number of carbonyl (C=O) groups excluding carboxylic acids is 2. The summed E-state index contributed by atoms with van der Waals surface area (Å²) in [5, 5.41) is 2.76. The number of nitrogens with one attached hydrogen (secondary N) is 1. The number of fused-ring (bicyclic) bond motifs is 1. The highest BCUT2D eigenvalue weighted by molar-refractivity contribution is 5.98. The van der Waals surface area contributed by atoms with Crippen molar-refractivity contribution in [2.45, 2.75) is 13.3 Å². The minimum Gasteiger partial charge on any atom is -0.484 e. The third kappa shape index (κ3) is 3.91. The Balaban J connectivity index is 1.58. The van der Waals surface area contributed by atoms with Gasteiger partial charge >= 0.3 is 0 Å². The summed E-state index contributed by atoms with van der Waals surface area (Å²) in [7, 11) is 1.69. The predicted octanol–water partition coefficient (Wildman–Crippen LogP) is 2.62. The second kappa shape index (κ2) is 7.25. The van der Waals surface area contributed by atoms with Gasteiger partial charge in [-0.15, -0.1) is 0 Å². The van der Waals surface area contributed by atoms with E-state index in [1.54, 1.807) is 25.2 Å². The van der Waals surface area contributed by atoms with Gasteiger partial charge in [0.2, 0.25) is 0 Å². The molecule has 2 aromatic carbocycles. The standard InChI is InChI=1S/C19H20N2O4/c1-3-13-4-7-15(8-5-13)24-11-18(22)20-14-6-9-16-17(10-14)25-12-19(23)21(16)2/h4-10H,3,11-12H2,1-2H3,(H,20,22). The lowest BCUT2D eigenvalue weighted by molar-refractivity contribution is -0.121. The molecule has 0 aliphatic carbocycles. The highest BCUT2D eigenvalue weighted by Gasteiger charge is 2.22. The predicted molar refractivity (Wildman–Crippen MR) is 95.3 cm³/mol. The number of hydrogen-bond acceptors (Lipinski definition) is 4. The summed E-state index contributed by atoms with van der Waals surface area (Å²) in [6.07, 6.45) is 0.960. The Morgan fingerprint density at radius 2 is 2.00 bits per heavy atom. The van der Waals surface area contributed by atoms with Gasteiger partial charge in [0.1, 0.15) is 11.5 Å². The monoisotopic (exact) mass is 340 g/mol. The van der Waals surface area contributed by atoms with Gasteiger partial charge in [-0.25, -0.2) is 0 Å². The van der Waals surface area contributed by atoms with Crippen LogP contribution in [0.15, 0.2) is 42.5 Å². The Kier molecular flexibility index (Phi) is 4.88. The minimum atomic E-state index is -0.264. The lowest BCUT2D eigenvalue weighted by Gasteiger charge is -2.26. The summed E-state index contributed by atoms with van der Waals surface area (Å²) in [4.78, 5) is 25.2. The number of aryl methyl sites for hydroxylation is 1. The molecule has 0 aromatic heterocycles. The minimum absolute atomic E-state index is 0.00222. The molecule has 1 aliphatic rings. The van der Waals surface area contributed by atoms with E-state index in [4.69, 9.17) is 9.47 Å². The van der Waals surface area contributed by atoms with E-state index in [1.807, 2.05) is 24.3 Å². The zero-order valence-corrected chi connectivity index (χ0v) is 14.2. The summed E-state index contributed by atoms with van der Waals surface area (Å²) in [5.41, 5.74) is 2.49. The second-order valence-corrected chi connectivity index (χ2v) is 5.76. The van der Waals surface area contributed by atoms with E-state index < -0.39 is 0 Å². The SMILES string of the molecule is CCc1ccc(OCC(=O)Nc2ccc3c(c2)OCC(=O)N3C)cc1. The summed E-state index contributed by atoms with van der Waals surface area (Å²) in [6.45, 7) is 2.00. The third-order valence-electron chi connectivity index (χ3n) is 4.03. The number of likely N-dealkylation sites (N-methyl/N-ethyl adjacent to an activating group) is 1. The average molecular weight is 340 g/mol. The van der Waals surface area contributed by atoms with E-state index in [1.165, 1.54) is 10.5 Å². The molecule has 0 fully saturated rings. The quantitative estimate of drug-likeness (QED) is 0.908. The van der Waals surface area contributed by atoms with Crippen LogP contribution in [-0.2, 0) is 16.0 Å². The molecule has 1 N–H and O–H groups in total. The average Bonchev–Trinajstić information content (AvgIpc) is 2.63. The maximum Gasteiger partial charge on any atom is 0.264 e. The lowest BCUT2D eigenvalue weighted by atomic mass is 10.2. The molecule has 0 saturated carbocycles. The van der Waals surface area contributed by atoms with Crippen LogP contribution in [0.4, 0.5) is 11.4 Å². The van der Waals surface area contributed by atoms with Crippen LogP contribution in [0, 0.1) is 0 Å². The van der Waals surface area contributed by atoms with Crippen molar-refractivity contribution >= 4 is 23.2 Å². The molecule has 2 amide bonds. The highest BCUT2D eigenvalue weighted by atomic mass is 16.5. The van der Waals surface area contributed by atoms with Crippen LogP contribution in [0.5, 0.6) is 11.5 Å². The van der Waals surface area contributed by atoms with Crippen LogP contribution in [0.2, 0.25) is 0 Å². The number of nitrogens with zero attached hydrogens (tertiary/aromatic N) is 1. The normalized spacial score (nSPS) is 13.0. The summed E-state index contributed by atoms with van der Waals surface area (Å²) >= 11 is 0. The van der Waals surface area contributed by atoms with Crippen molar-refractivity contribution in [3.05, 3.63) is 48.0 Å². The zero-order valence-electron chi connectivity index (χ0n) is 14.2. The van der Waals surface area contributed by atoms with Crippen LogP contribution in [0.3, 0.4) is 0 Å². The topological polar surface area (TPSA) is 67.9 Å². The van der Waals surface area contributed by atoms with Crippen molar-refractivity contribution in [1.82, 2.24) is 0 Å². The van der Waals surface area contributed by atoms with Gasteiger partial charge in [0.25, 0.3) is 11.8 Å². The molecule has 6 nitrogen and oxygen atoms in total. The van der Waals surface area contributed by atoms with Crippen LogP contribution in [0.25, 0.3) is 0 Å². The van der Waals surface area contributed by atoms with Crippen molar-refractivity contribution in [1.29, 1.82) is 0 Å². The first-order valence-electron chi connectivity index (χ1n) is 8.12. The molecule has 1 aliphatic heterocycles. The molecule has 3 rings (SSSR count). The maximum atomic E-state index is 12.1. The molecule has 25 heavy (non-hydrogen) atoms. The van der Waals surface area contributed by atoms with Gasteiger partial charge in [0.15, 0.2) is 13.2 Å². The number of ether oxygens (including phenoxy) is 2. The van der Waals surface area contributed by atoms with E-state index in [-0.39, 0.29) is 25.0 Å². The number of anilines is 2. The van der Waals surface area contributed by atoms with Gasteiger partial charge in [0.05, 0.1) is 5.69 Å². The Morgan fingerprint density at radius 3 is 2.72 bits per heavy atom. The van der Waals surface area contributed by atoms with Crippen LogP contribution in [-0.4, -0.2) is 32.1 Å². The molecular weight excluding hydrogens is 320 g/mol. The Labute approximate surface area is 146 Å². The van der Waals surface area contributed by atoms with Gasteiger partial charge in [-0.2, -0.15) is 0 Å². The molecule has 0 atom stereocenters. The fourth-order valence-corrected chi connectivity index (χ4v) is 2.52. The first-order valence-corrected chi connectivity index (χ1v) is 8.12. The van der Waals surface area contributed by atoms with E-state index in [0.717, 1.165) is 6.42 Å². The molecule has 130 valence electrons. The molecule has 0 unspecified atom stereocenters. The van der Waals surface area contributed by atoms with Crippen molar-refractivity contribution in [3.8, 4) is 11.5 Å². The number of hydrogen-bond donors (Lipinski definition) is 1. The summed E-state index contributed by atoms with van der Waals surface area (Å²) in [5.74, 6) is 0.851. The smallest absolute Gasteiger partial charge is 0.264 e. The fourth-order valence-electron chi connectivity index (χ4n) is 2.52. The molecule has 0 bridgehead atoms. The largest absolute Gasteiger partial charge is 0.484 e. The van der Waals surface area contributed by atoms with E-state index in [9.17, 15) is 9.59 Å². The summed E-state index contributed by atoms with van der Waals surface area (Å²) in [6, 6.07) is 12.8. The molecule has 1 heterocycles. The maximum absolute atomic E-state index is 12.1. The molecular formula is C19H20N2O4. The number of carbonyl (C=O) groups is 2. The lowest BCUT2D eigenvalue weighted by Crippen LogP contribution is -2.35. The molecule has 0 saturated heterocycles. The highest BCUT2D eigenvalue weighted by Crippen LogP contribution is 2.33. The number of amides is 2. The van der Waals surface area contributed by atoms with E-state index in [0.29, 0.717) is 22.9 Å². The van der Waals surface area contributed by atoms with E-state index in [2.05, 4.69) is 12.2 Å². The zero-order chi connectivity index (χ0) is 17.8. The van der Waals surface area contributed by atoms with Crippen molar-refractivity contribution < 1.29 is 19.1 Å². The number of rotatable bonds is 5. The van der Waals surface area contributed by atoms with Gasteiger partial charge in [-0.3, -0.25) is 9.59 Å². The van der Waals surface area contributed by atoms with Crippen molar-refractivity contribution in [2.75, 3.05) is 30.5 Å². The molecule has 6 heteroatoms. The third-order valence-corrected chi connectivity index (χ3v) is 4.03. The summed E-state index contributed by atoms with van der Waals surface area (Å²) < 4.78 is 10.9. The van der Waals surface area contributed by atoms with Crippen LogP contribution >= 0.6 is 0 Å². The van der Waals surface area contributed by atoms with Crippen molar-refractivity contribution in [2.24, 2.45) is 0 Å². The number of benzene rings is 2. The van der Waals surface area contributed by atoms with Gasteiger partial charge in [0, 0.05) is 18.8 Å². The van der Waals surface area contributed by atoms with Gasteiger partial charge in [-0.1, -0.05) is 19.1 Å². The van der Waals surface area contributed by atoms with Crippen LogP contribution < -0.4 is 19.7 Å².